The van der Waals surface area contributed by atoms with E-state index in [0.29, 0.717) is 5.56 Å². The standard InChI is InChI=1S/C15H20BrNO2/c1-11-12(6-5-7-13(11)16)14(19)17-15(10-18)8-3-2-4-9-15/h5-7,18H,2-4,8-10H2,1H3,(H,17,19). The molecule has 104 valence electrons. The maximum atomic E-state index is 12.4. The number of benzene rings is 1. The zero-order chi connectivity index (χ0) is 13.9. The van der Waals surface area contributed by atoms with E-state index in [0.717, 1.165) is 35.7 Å². The Labute approximate surface area is 122 Å². The van der Waals surface area contributed by atoms with Crippen LogP contribution in [0.5, 0.6) is 0 Å². The Bertz CT molecular complexity index is 467. The van der Waals surface area contributed by atoms with Gasteiger partial charge in [-0.2, -0.15) is 0 Å². The highest BCUT2D eigenvalue weighted by Crippen LogP contribution is 2.28. The Morgan fingerprint density at radius 2 is 2.05 bits per heavy atom. The van der Waals surface area contributed by atoms with Gasteiger partial charge in [0.2, 0.25) is 0 Å². The van der Waals surface area contributed by atoms with E-state index in [4.69, 9.17) is 0 Å². The molecule has 0 aromatic heterocycles. The summed E-state index contributed by atoms with van der Waals surface area (Å²) >= 11 is 3.44. The fourth-order valence-corrected chi connectivity index (χ4v) is 3.08. The van der Waals surface area contributed by atoms with Gasteiger partial charge < -0.3 is 10.4 Å². The number of halogens is 1. The van der Waals surface area contributed by atoms with Crippen LogP contribution >= 0.6 is 15.9 Å². The van der Waals surface area contributed by atoms with Crippen LogP contribution in [-0.2, 0) is 0 Å². The minimum Gasteiger partial charge on any atom is -0.394 e. The van der Waals surface area contributed by atoms with Gasteiger partial charge >= 0.3 is 0 Å². The minimum absolute atomic E-state index is 0.0196. The van der Waals surface area contributed by atoms with Crippen molar-refractivity contribution < 1.29 is 9.90 Å². The number of hydrogen-bond donors (Lipinski definition) is 2. The third kappa shape index (κ3) is 3.18. The predicted octanol–water partition coefficient (Wildman–Crippen LogP) is 3.18. The number of aliphatic hydroxyl groups excluding tert-OH is 1. The van der Waals surface area contributed by atoms with Crippen molar-refractivity contribution in [3.05, 3.63) is 33.8 Å². The topological polar surface area (TPSA) is 49.3 Å². The number of amides is 1. The first kappa shape index (κ1) is 14.5. The van der Waals surface area contributed by atoms with E-state index in [1.807, 2.05) is 25.1 Å². The fraction of sp³-hybridized carbons (Fsp3) is 0.533. The van der Waals surface area contributed by atoms with Crippen molar-refractivity contribution in [2.75, 3.05) is 6.61 Å². The van der Waals surface area contributed by atoms with E-state index in [-0.39, 0.29) is 12.5 Å². The van der Waals surface area contributed by atoms with Gasteiger partial charge in [-0.05, 0) is 37.5 Å². The molecule has 1 amide bonds. The summed E-state index contributed by atoms with van der Waals surface area (Å²) in [6, 6.07) is 5.61. The molecular formula is C15H20BrNO2. The number of carbonyl (C=O) groups is 1. The fourth-order valence-electron chi connectivity index (χ4n) is 2.71. The van der Waals surface area contributed by atoms with Crippen LogP contribution in [0.3, 0.4) is 0 Å². The zero-order valence-electron chi connectivity index (χ0n) is 11.2. The molecule has 2 N–H and O–H groups in total. The first-order chi connectivity index (χ1) is 9.08. The second kappa shape index (κ2) is 6.06. The molecule has 1 saturated carbocycles. The molecule has 1 aliphatic carbocycles. The predicted molar refractivity (Wildman–Crippen MR) is 79.2 cm³/mol. The Morgan fingerprint density at radius 1 is 1.37 bits per heavy atom. The van der Waals surface area contributed by atoms with Crippen molar-refractivity contribution in [2.45, 2.75) is 44.6 Å². The molecule has 1 fully saturated rings. The molecule has 3 nitrogen and oxygen atoms in total. The van der Waals surface area contributed by atoms with E-state index in [1.54, 1.807) is 0 Å². The lowest BCUT2D eigenvalue weighted by Crippen LogP contribution is -2.52. The molecular weight excluding hydrogens is 306 g/mol. The summed E-state index contributed by atoms with van der Waals surface area (Å²) in [7, 11) is 0. The Kier molecular flexibility index (Phi) is 4.63. The van der Waals surface area contributed by atoms with Crippen LogP contribution in [-0.4, -0.2) is 23.2 Å². The van der Waals surface area contributed by atoms with E-state index >= 15 is 0 Å². The van der Waals surface area contributed by atoms with E-state index in [2.05, 4.69) is 21.2 Å². The average Bonchev–Trinajstić information content (AvgIpc) is 2.42. The average molecular weight is 326 g/mol. The first-order valence-corrected chi connectivity index (χ1v) is 7.56. The SMILES string of the molecule is Cc1c(Br)cccc1C(=O)NC1(CO)CCCCC1. The van der Waals surface area contributed by atoms with E-state index < -0.39 is 5.54 Å². The maximum absolute atomic E-state index is 12.4. The normalized spacial score (nSPS) is 18.1. The summed E-state index contributed by atoms with van der Waals surface area (Å²) < 4.78 is 0.932. The number of nitrogens with one attached hydrogen (secondary N) is 1. The van der Waals surface area contributed by atoms with Gasteiger partial charge in [0.15, 0.2) is 0 Å². The summed E-state index contributed by atoms with van der Waals surface area (Å²) in [6.07, 6.45) is 5.05. The molecule has 0 radical (unpaired) electrons. The molecule has 1 aromatic carbocycles. The second-order valence-electron chi connectivity index (χ2n) is 5.37. The Balaban J connectivity index is 2.17. The second-order valence-corrected chi connectivity index (χ2v) is 6.22. The molecule has 1 aromatic rings. The van der Waals surface area contributed by atoms with Crippen molar-refractivity contribution in [2.24, 2.45) is 0 Å². The monoisotopic (exact) mass is 325 g/mol. The molecule has 0 saturated heterocycles. The lowest BCUT2D eigenvalue weighted by atomic mass is 9.82. The van der Waals surface area contributed by atoms with Crippen LogP contribution < -0.4 is 5.32 Å². The van der Waals surface area contributed by atoms with Crippen LogP contribution in [0.4, 0.5) is 0 Å². The summed E-state index contributed by atoms with van der Waals surface area (Å²) in [4.78, 5) is 12.4. The van der Waals surface area contributed by atoms with Crippen LogP contribution in [0.25, 0.3) is 0 Å². The van der Waals surface area contributed by atoms with Crippen LogP contribution in [0.1, 0.15) is 48.0 Å². The van der Waals surface area contributed by atoms with Crippen molar-refractivity contribution in [1.82, 2.24) is 5.32 Å². The van der Waals surface area contributed by atoms with Gasteiger partial charge in [-0.3, -0.25) is 4.79 Å². The molecule has 19 heavy (non-hydrogen) atoms. The third-order valence-electron chi connectivity index (χ3n) is 4.00. The highest BCUT2D eigenvalue weighted by atomic mass is 79.9. The molecule has 0 bridgehead atoms. The summed E-state index contributed by atoms with van der Waals surface area (Å²) in [5.41, 5.74) is 1.18. The quantitative estimate of drug-likeness (QED) is 0.896. The van der Waals surface area contributed by atoms with Gasteiger partial charge in [0, 0.05) is 10.0 Å². The minimum atomic E-state index is -0.426. The molecule has 0 spiro atoms. The molecule has 0 aliphatic heterocycles. The van der Waals surface area contributed by atoms with Crippen molar-refractivity contribution in [1.29, 1.82) is 0 Å². The summed E-state index contributed by atoms with van der Waals surface area (Å²) in [6.45, 7) is 1.94. The molecule has 4 heteroatoms. The van der Waals surface area contributed by atoms with E-state index in [1.165, 1.54) is 6.42 Å². The number of rotatable bonds is 3. The first-order valence-electron chi connectivity index (χ1n) is 6.76. The molecule has 2 rings (SSSR count). The summed E-state index contributed by atoms with van der Waals surface area (Å²) in [5, 5.41) is 12.7. The lowest BCUT2D eigenvalue weighted by Gasteiger charge is -2.36. The number of aliphatic hydroxyl groups is 1. The van der Waals surface area contributed by atoms with Gasteiger partial charge in [0.1, 0.15) is 0 Å². The highest BCUT2D eigenvalue weighted by molar-refractivity contribution is 9.10. The van der Waals surface area contributed by atoms with Crippen LogP contribution in [0.15, 0.2) is 22.7 Å². The Morgan fingerprint density at radius 3 is 2.68 bits per heavy atom. The van der Waals surface area contributed by atoms with Crippen LogP contribution in [0.2, 0.25) is 0 Å². The van der Waals surface area contributed by atoms with Crippen molar-refractivity contribution >= 4 is 21.8 Å². The smallest absolute Gasteiger partial charge is 0.252 e. The lowest BCUT2D eigenvalue weighted by molar-refractivity contribution is 0.0758. The molecule has 0 atom stereocenters. The van der Waals surface area contributed by atoms with Gasteiger partial charge in [0.25, 0.3) is 5.91 Å². The Hall–Kier alpha value is -0.870. The van der Waals surface area contributed by atoms with E-state index in [9.17, 15) is 9.90 Å². The number of hydrogen-bond acceptors (Lipinski definition) is 2. The largest absolute Gasteiger partial charge is 0.394 e. The van der Waals surface area contributed by atoms with Crippen molar-refractivity contribution in [3.8, 4) is 0 Å². The maximum Gasteiger partial charge on any atom is 0.252 e. The van der Waals surface area contributed by atoms with Gasteiger partial charge in [-0.25, -0.2) is 0 Å². The molecule has 1 aliphatic rings. The zero-order valence-corrected chi connectivity index (χ0v) is 12.8. The number of carbonyl (C=O) groups excluding carboxylic acids is 1. The van der Waals surface area contributed by atoms with Gasteiger partial charge in [0.05, 0.1) is 12.1 Å². The summed E-state index contributed by atoms with van der Waals surface area (Å²) in [5.74, 6) is -0.0882. The van der Waals surface area contributed by atoms with Crippen LogP contribution in [0, 0.1) is 6.92 Å². The van der Waals surface area contributed by atoms with Gasteiger partial charge in [-0.15, -0.1) is 0 Å². The molecule has 0 heterocycles. The third-order valence-corrected chi connectivity index (χ3v) is 4.86. The van der Waals surface area contributed by atoms with Crippen molar-refractivity contribution in [3.63, 3.8) is 0 Å². The molecule has 0 unspecified atom stereocenters. The van der Waals surface area contributed by atoms with Gasteiger partial charge in [-0.1, -0.05) is 41.3 Å². The highest BCUT2D eigenvalue weighted by Gasteiger charge is 2.33.